The van der Waals surface area contributed by atoms with Crippen molar-refractivity contribution in [3.8, 4) is 11.4 Å². The van der Waals surface area contributed by atoms with Gasteiger partial charge in [0.2, 0.25) is 0 Å². The van der Waals surface area contributed by atoms with E-state index in [0.29, 0.717) is 17.3 Å². The first-order valence-electron chi connectivity index (χ1n) is 7.34. The molecule has 0 fully saturated rings. The summed E-state index contributed by atoms with van der Waals surface area (Å²) in [7, 11) is 0. The second-order valence-electron chi connectivity index (χ2n) is 5.35. The molecule has 0 spiro atoms. The zero-order chi connectivity index (χ0) is 15.4. The minimum absolute atomic E-state index is 0.268. The topological polar surface area (TPSA) is 37.8 Å². The summed E-state index contributed by atoms with van der Waals surface area (Å²) in [5, 5.41) is 3.35. The lowest BCUT2D eigenvalue weighted by Crippen LogP contribution is -2.21. The number of likely N-dealkylation sites (N-methyl/N-ethyl adjacent to an activating group) is 1. The van der Waals surface area contributed by atoms with Crippen molar-refractivity contribution < 1.29 is 4.39 Å². The van der Waals surface area contributed by atoms with E-state index < -0.39 is 0 Å². The van der Waals surface area contributed by atoms with Crippen LogP contribution in [0.25, 0.3) is 11.4 Å². The van der Waals surface area contributed by atoms with Gasteiger partial charge in [0, 0.05) is 23.5 Å². The summed E-state index contributed by atoms with van der Waals surface area (Å²) in [6, 6.07) is 6.41. The third kappa shape index (κ3) is 3.64. The van der Waals surface area contributed by atoms with Crippen LogP contribution >= 0.6 is 0 Å². The van der Waals surface area contributed by atoms with E-state index in [0.717, 1.165) is 24.5 Å². The van der Waals surface area contributed by atoms with Crippen LogP contribution in [0, 0.1) is 19.7 Å². The Balaban J connectivity index is 2.37. The number of hydrogen-bond acceptors (Lipinski definition) is 3. The highest BCUT2D eigenvalue weighted by molar-refractivity contribution is 5.56. The number of aromatic nitrogens is 2. The maximum absolute atomic E-state index is 13.3. The Kier molecular flexibility index (Phi) is 5.02. The van der Waals surface area contributed by atoms with Gasteiger partial charge in [0.25, 0.3) is 0 Å². The Labute approximate surface area is 125 Å². The molecule has 1 N–H and O–H groups in total. The Morgan fingerprint density at radius 3 is 2.43 bits per heavy atom. The largest absolute Gasteiger partial charge is 0.316 e. The molecule has 2 aromatic rings. The van der Waals surface area contributed by atoms with Crippen molar-refractivity contribution in [3.05, 3.63) is 47.0 Å². The molecule has 1 unspecified atom stereocenters. The maximum Gasteiger partial charge on any atom is 0.159 e. The van der Waals surface area contributed by atoms with Gasteiger partial charge in [-0.25, -0.2) is 14.4 Å². The molecular formula is C17H22FN3. The number of hydrogen-bond donors (Lipinski definition) is 1. The highest BCUT2D eigenvalue weighted by Gasteiger charge is 2.15. The highest BCUT2D eigenvalue weighted by Crippen LogP contribution is 2.24. The van der Waals surface area contributed by atoms with Gasteiger partial charge >= 0.3 is 0 Å². The first kappa shape index (κ1) is 15.6. The Morgan fingerprint density at radius 1 is 1.19 bits per heavy atom. The van der Waals surface area contributed by atoms with Crippen LogP contribution in [0.15, 0.2) is 24.3 Å². The minimum atomic E-state index is -0.268. The van der Waals surface area contributed by atoms with E-state index in [9.17, 15) is 4.39 Å². The van der Waals surface area contributed by atoms with Crippen LogP contribution in [0.4, 0.5) is 4.39 Å². The summed E-state index contributed by atoms with van der Waals surface area (Å²) in [5.41, 5.74) is 3.82. The van der Waals surface area contributed by atoms with E-state index in [2.05, 4.69) is 29.1 Å². The molecule has 0 aliphatic heterocycles. The molecule has 1 aromatic heterocycles. The van der Waals surface area contributed by atoms with E-state index in [1.807, 2.05) is 19.9 Å². The maximum atomic E-state index is 13.3. The fourth-order valence-electron chi connectivity index (χ4n) is 2.66. The Hall–Kier alpha value is -1.81. The van der Waals surface area contributed by atoms with Crippen molar-refractivity contribution in [1.82, 2.24) is 15.3 Å². The molecule has 1 aromatic carbocycles. The second-order valence-corrected chi connectivity index (χ2v) is 5.35. The summed E-state index contributed by atoms with van der Waals surface area (Å²) >= 11 is 0. The van der Waals surface area contributed by atoms with Gasteiger partial charge in [-0.2, -0.15) is 0 Å². The van der Waals surface area contributed by atoms with Crippen molar-refractivity contribution in [3.63, 3.8) is 0 Å². The predicted octanol–water partition coefficient (Wildman–Crippen LogP) is 3.61. The summed E-state index contributed by atoms with van der Waals surface area (Å²) in [6.07, 6.45) is 0. The van der Waals surface area contributed by atoms with Crippen molar-refractivity contribution >= 4 is 0 Å². The lowest BCUT2D eigenvalue weighted by molar-refractivity contribution is 0.624. The van der Waals surface area contributed by atoms with E-state index in [1.165, 1.54) is 17.7 Å². The number of rotatable bonds is 5. The van der Waals surface area contributed by atoms with Crippen LogP contribution in [0.3, 0.4) is 0 Å². The molecule has 1 heterocycles. The van der Waals surface area contributed by atoms with Gasteiger partial charge in [0.05, 0.1) is 0 Å². The van der Waals surface area contributed by atoms with E-state index in [-0.39, 0.29) is 5.82 Å². The van der Waals surface area contributed by atoms with Crippen LogP contribution in [0.2, 0.25) is 0 Å². The molecule has 21 heavy (non-hydrogen) atoms. The number of halogens is 1. The molecule has 0 aliphatic rings. The molecule has 0 bridgehead atoms. The lowest BCUT2D eigenvalue weighted by atomic mass is 9.97. The highest BCUT2D eigenvalue weighted by atomic mass is 19.1. The quantitative estimate of drug-likeness (QED) is 0.913. The second kappa shape index (κ2) is 6.76. The van der Waals surface area contributed by atoms with Gasteiger partial charge in [-0.05, 0) is 44.0 Å². The Morgan fingerprint density at radius 2 is 1.86 bits per heavy atom. The van der Waals surface area contributed by atoms with Crippen LogP contribution in [-0.4, -0.2) is 23.1 Å². The summed E-state index contributed by atoms with van der Waals surface area (Å²) < 4.78 is 13.3. The van der Waals surface area contributed by atoms with Gasteiger partial charge in [-0.1, -0.05) is 26.0 Å². The zero-order valence-corrected chi connectivity index (χ0v) is 13.1. The first-order valence-corrected chi connectivity index (χ1v) is 7.34. The average molecular weight is 287 g/mol. The van der Waals surface area contributed by atoms with Crippen molar-refractivity contribution in [1.29, 1.82) is 0 Å². The molecule has 0 aliphatic carbocycles. The number of aryl methyl sites for hydroxylation is 2. The third-order valence-corrected chi connectivity index (χ3v) is 3.60. The van der Waals surface area contributed by atoms with Gasteiger partial charge in [0.1, 0.15) is 5.82 Å². The first-order chi connectivity index (χ1) is 10.0. The zero-order valence-electron chi connectivity index (χ0n) is 13.1. The predicted molar refractivity (Wildman–Crippen MR) is 83.9 cm³/mol. The van der Waals surface area contributed by atoms with Crippen molar-refractivity contribution in [2.75, 3.05) is 13.1 Å². The standard InChI is InChI=1S/C17H22FN3/c1-5-19-10-11(2)16-12(3)20-17(21-13(16)4)14-7-6-8-15(18)9-14/h6-9,11,19H,5,10H2,1-4H3. The van der Waals surface area contributed by atoms with Gasteiger partial charge in [-0.3, -0.25) is 0 Å². The average Bonchev–Trinajstić information content (AvgIpc) is 2.44. The number of nitrogens with one attached hydrogen (secondary N) is 1. The van der Waals surface area contributed by atoms with E-state index >= 15 is 0 Å². The summed E-state index contributed by atoms with van der Waals surface area (Å²) in [4.78, 5) is 9.14. The monoisotopic (exact) mass is 287 g/mol. The molecule has 0 radical (unpaired) electrons. The van der Waals surface area contributed by atoms with Crippen LogP contribution in [0.1, 0.15) is 36.7 Å². The SMILES string of the molecule is CCNCC(C)c1c(C)nc(-c2cccc(F)c2)nc1C. The molecule has 0 saturated heterocycles. The normalized spacial score (nSPS) is 12.4. The molecular weight excluding hydrogens is 265 g/mol. The fourth-order valence-corrected chi connectivity index (χ4v) is 2.66. The fraction of sp³-hybridized carbons (Fsp3) is 0.412. The van der Waals surface area contributed by atoms with Gasteiger partial charge < -0.3 is 5.32 Å². The molecule has 4 heteroatoms. The van der Waals surface area contributed by atoms with Crippen molar-refractivity contribution in [2.24, 2.45) is 0 Å². The van der Waals surface area contributed by atoms with E-state index in [4.69, 9.17) is 0 Å². The molecule has 3 nitrogen and oxygen atoms in total. The van der Waals surface area contributed by atoms with Crippen LogP contribution in [-0.2, 0) is 0 Å². The molecule has 2 rings (SSSR count). The summed E-state index contributed by atoms with van der Waals surface area (Å²) in [5.74, 6) is 0.673. The smallest absolute Gasteiger partial charge is 0.159 e. The van der Waals surface area contributed by atoms with Crippen molar-refractivity contribution in [2.45, 2.75) is 33.6 Å². The molecule has 1 atom stereocenters. The van der Waals surface area contributed by atoms with Gasteiger partial charge in [0.15, 0.2) is 5.82 Å². The van der Waals surface area contributed by atoms with Crippen LogP contribution < -0.4 is 5.32 Å². The minimum Gasteiger partial charge on any atom is -0.316 e. The number of nitrogens with zero attached hydrogens (tertiary/aromatic N) is 2. The van der Waals surface area contributed by atoms with Gasteiger partial charge in [-0.15, -0.1) is 0 Å². The third-order valence-electron chi connectivity index (χ3n) is 3.60. The Bertz CT molecular complexity index is 602. The molecule has 0 amide bonds. The van der Waals surface area contributed by atoms with Crippen LogP contribution in [0.5, 0.6) is 0 Å². The number of benzene rings is 1. The van der Waals surface area contributed by atoms with E-state index in [1.54, 1.807) is 6.07 Å². The lowest BCUT2D eigenvalue weighted by Gasteiger charge is -2.17. The molecule has 0 saturated carbocycles. The molecule has 112 valence electrons. The summed E-state index contributed by atoms with van der Waals surface area (Å²) in [6.45, 7) is 10.1.